The fraction of sp³-hybridized carbons (Fsp3) is 0. The molecule has 0 aromatic carbocycles. The van der Waals surface area contributed by atoms with Gasteiger partial charge in [0, 0.05) is 11.9 Å². The molecule has 0 radical (unpaired) electrons. The summed E-state index contributed by atoms with van der Waals surface area (Å²) in [7, 11) is 0. The molecule has 3 aromatic rings. The summed E-state index contributed by atoms with van der Waals surface area (Å²) in [4.78, 5) is 4.29. The summed E-state index contributed by atoms with van der Waals surface area (Å²) < 4.78 is 7.24. The largest absolute Gasteiger partial charge is 0.461 e. The molecule has 0 saturated carbocycles. The lowest BCUT2D eigenvalue weighted by Crippen LogP contribution is -1.90. The summed E-state index contributed by atoms with van der Waals surface area (Å²) in [5.41, 5.74) is 7.38. The van der Waals surface area contributed by atoms with Gasteiger partial charge in [-0.15, -0.1) is 0 Å². The highest BCUT2D eigenvalue weighted by Gasteiger charge is 2.07. The molecule has 0 aliphatic carbocycles. The van der Waals surface area contributed by atoms with Gasteiger partial charge in [0.2, 0.25) is 0 Å². The van der Waals surface area contributed by atoms with E-state index in [0.29, 0.717) is 0 Å². The first-order chi connectivity index (χ1) is 7.34. The van der Waals surface area contributed by atoms with Gasteiger partial charge in [-0.1, -0.05) is 0 Å². The maximum atomic E-state index is 5.69. The number of fused-ring (bicyclic) bond motifs is 1. The fourth-order valence-electron chi connectivity index (χ4n) is 1.61. The van der Waals surface area contributed by atoms with Crippen molar-refractivity contribution in [2.75, 3.05) is 5.73 Å². The lowest BCUT2D eigenvalue weighted by molar-refractivity contribution is 0.577. The van der Waals surface area contributed by atoms with Crippen molar-refractivity contribution in [2.24, 2.45) is 0 Å². The van der Waals surface area contributed by atoms with Crippen LogP contribution in [0.4, 0.5) is 5.69 Å². The fourth-order valence-corrected chi connectivity index (χ4v) is 1.61. The highest BCUT2D eigenvalue weighted by atomic mass is 16.3. The normalized spacial score (nSPS) is 10.9. The number of pyridine rings is 1. The molecule has 0 aliphatic rings. The Bertz CT molecular complexity index is 595. The third kappa shape index (κ3) is 1.19. The van der Waals surface area contributed by atoms with Crippen LogP contribution in [0.25, 0.3) is 17.1 Å². The second kappa shape index (κ2) is 2.88. The third-order valence-corrected chi connectivity index (χ3v) is 2.30. The van der Waals surface area contributed by atoms with Gasteiger partial charge in [0.25, 0.3) is 0 Å². The number of hydrogen-bond donors (Lipinski definition) is 1. The van der Waals surface area contributed by atoms with E-state index in [-0.39, 0.29) is 0 Å². The van der Waals surface area contributed by atoms with Crippen molar-refractivity contribution in [3.63, 3.8) is 0 Å². The molecule has 3 rings (SSSR count). The molecule has 0 unspecified atom stereocenters. The summed E-state index contributed by atoms with van der Waals surface area (Å²) in [6.45, 7) is 0. The molecule has 0 spiro atoms. The van der Waals surface area contributed by atoms with Crippen LogP contribution < -0.4 is 5.73 Å². The monoisotopic (exact) mass is 199 g/mol. The third-order valence-electron chi connectivity index (χ3n) is 2.30. The lowest BCUT2D eigenvalue weighted by Gasteiger charge is -1.98. The second-order valence-corrected chi connectivity index (χ2v) is 3.31. The number of furan rings is 1. The zero-order chi connectivity index (χ0) is 10.3. The molecule has 3 heterocycles. The highest BCUT2D eigenvalue weighted by molar-refractivity contribution is 5.62. The Balaban J connectivity index is 2.29. The standard InChI is InChI=1S/C11H9N3O/c12-8-3-4-14-9(6-8)7-13-11(14)10-2-1-5-15-10/h1-7H,12H2. The Kier molecular flexibility index (Phi) is 1.56. The van der Waals surface area contributed by atoms with E-state index in [1.54, 1.807) is 12.5 Å². The van der Waals surface area contributed by atoms with Crippen molar-refractivity contribution < 1.29 is 4.42 Å². The number of nitrogen functional groups attached to an aromatic ring is 1. The van der Waals surface area contributed by atoms with E-state index in [9.17, 15) is 0 Å². The molecule has 3 aromatic heterocycles. The van der Waals surface area contributed by atoms with Crippen LogP contribution in [0.3, 0.4) is 0 Å². The van der Waals surface area contributed by atoms with Crippen LogP contribution in [-0.4, -0.2) is 9.38 Å². The predicted molar refractivity (Wildman–Crippen MR) is 57.3 cm³/mol. The number of anilines is 1. The Labute approximate surface area is 86.0 Å². The van der Waals surface area contributed by atoms with Crippen molar-refractivity contribution in [1.82, 2.24) is 9.38 Å². The summed E-state index contributed by atoms with van der Waals surface area (Å²) in [5, 5.41) is 0. The Morgan fingerprint density at radius 3 is 3.07 bits per heavy atom. The maximum Gasteiger partial charge on any atom is 0.180 e. The molecule has 0 amide bonds. The number of hydrogen-bond acceptors (Lipinski definition) is 3. The lowest BCUT2D eigenvalue weighted by atomic mass is 10.3. The van der Waals surface area contributed by atoms with Crippen LogP contribution in [0.1, 0.15) is 0 Å². The van der Waals surface area contributed by atoms with Crippen LogP contribution in [0.2, 0.25) is 0 Å². The Morgan fingerprint density at radius 1 is 1.33 bits per heavy atom. The van der Waals surface area contributed by atoms with Crippen molar-refractivity contribution in [3.8, 4) is 11.6 Å². The van der Waals surface area contributed by atoms with E-state index >= 15 is 0 Å². The van der Waals surface area contributed by atoms with Gasteiger partial charge in [-0.2, -0.15) is 0 Å². The molecule has 15 heavy (non-hydrogen) atoms. The van der Waals surface area contributed by atoms with Crippen LogP contribution in [0.5, 0.6) is 0 Å². The van der Waals surface area contributed by atoms with Gasteiger partial charge in [0.05, 0.1) is 18.0 Å². The van der Waals surface area contributed by atoms with Gasteiger partial charge in [0.1, 0.15) is 0 Å². The molecule has 0 bridgehead atoms. The molecule has 4 heteroatoms. The summed E-state index contributed by atoms with van der Waals surface area (Å²) in [6, 6.07) is 7.43. The van der Waals surface area contributed by atoms with Crippen LogP contribution in [0.15, 0.2) is 47.3 Å². The van der Waals surface area contributed by atoms with E-state index in [1.165, 1.54) is 0 Å². The Morgan fingerprint density at radius 2 is 2.27 bits per heavy atom. The van der Waals surface area contributed by atoms with Crippen LogP contribution in [0, 0.1) is 0 Å². The molecule has 0 fully saturated rings. The first kappa shape index (κ1) is 8.11. The molecule has 4 nitrogen and oxygen atoms in total. The highest BCUT2D eigenvalue weighted by Crippen LogP contribution is 2.20. The molecule has 74 valence electrons. The van der Waals surface area contributed by atoms with Crippen molar-refractivity contribution >= 4 is 11.2 Å². The van der Waals surface area contributed by atoms with Gasteiger partial charge in [0.15, 0.2) is 11.6 Å². The van der Waals surface area contributed by atoms with Gasteiger partial charge in [-0.3, -0.25) is 4.40 Å². The molecule has 0 atom stereocenters. The zero-order valence-electron chi connectivity index (χ0n) is 7.92. The second-order valence-electron chi connectivity index (χ2n) is 3.31. The average Bonchev–Trinajstić information content (AvgIpc) is 2.82. The molecular formula is C11H9N3O. The van der Waals surface area contributed by atoms with Gasteiger partial charge in [-0.05, 0) is 24.3 Å². The predicted octanol–water partition coefficient (Wildman–Crippen LogP) is 2.18. The smallest absolute Gasteiger partial charge is 0.180 e. The van der Waals surface area contributed by atoms with E-state index in [2.05, 4.69) is 4.98 Å². The zero-order valence-corrected chi connectivity index (χ0v) is 7.92. The SMILES string of the molecule is Nc1ccn2c(-c3ccco3)ncc2c1. The average molecular weight is 199 g/mol. The summed E-state index contributed by atoms with van der Waals surface area (Å²) in [6.07, 6.45) is 5.29. The maximum absolute atomic E-state index is 5.69. The molecule has 0 aliphatic heterocycles. The number of rotatable bonds is 1. The van der Waals surface area contributed by atoms with Gasteiger partial charge in [-0.25, -0.2) is 4.98 Å². The van der Waals surface area contributed by atoms with Crippen molar-refractivity contribution in [1.29, 1.82) is 0 Å². The van der Waals surface area contributed by atoms with E-state index in [0.717, 1.165) is 22.8 Å². The topological polar surface area (TPSA) is 56.5 Å². The number of imidazole rings is 1. The number of aromatic nitrogens is 2. The van der Waals surface area contributed by atoms with E-state index in [1.807, 2.05) is 34.9 Å². The van der Waals surface area contributed by atoms with Crippen molar-refractivity contribution in [2.45, 2.75) is 0 Å². The Hall–Kier alpha value is -2.23. The molecule has 2 N–H and O–H groups in total. The molecule has 0 saturated heterocycles. The van der Waals surface area contributed by atoms with E-state index < -0.39 is 0 Å². The first-order valence-corrected chi connectivity index (χ1v) is 4.61. The quantitative estimate of drug-likeness (QED) is 0.653. The van der Waals surface area contributed by atoms with Crippen molar-refractivity contribution in [3.05, 3.63) is 42.9 Å². The number of nitrogens with zero attached hydrogens (tertiary/aromatic N) is 2. The van der Waals surface area contributed by atoms with Crippen LogP contribution in [-0.2, 0) is 0 Å². The van der Waals surface area contributed by atoms with E-state index in [4.69, 9.17) is 10.2 Å². The number of nitrogens with two attached hydrogens (primary N) is 1. The summed E-state index contributed by atoms with van der Waals surface area (Å²) >= 11 is 0. The van der Waals surface area contributed by atoms with Gasteiger partial charge < -0.3 is 10.2 Å². The minimum atomic E-state index is 0.730. The minimum Gasteiger partial charge on any atom is -0.461 e. The summed E-state index contributed by atoms with van der Waals surface area (Å²) in [5.74, 6) is 1.54. The van der Waals surface area contributed by atoms with Gasteiger partial charge >= 0.3 is 0 Å². The molecular weight excluding hydrogens is 190 g/mol. The first-order valence-electron chi connectivity index (χ1n) is 4.61. The minimum absolute atomic E-state index is 0.730. The van der Waals surface area contributed by atoms with Crippen LogP contribution >= 0.6 is 0 Å².